The highest BCUT2D eigenvalue weighted by Gasteiger charge is 2.83. The molecule has 2 aliphatic heterocycles. The van der Waals surface area contributed by atoms with Crippen LogP contribution in [0.15, 0.2) is 0 Å². The molecule has 2 aliphatic rings. The van der Waals surface area contributed by atoms with Gasteiger partial charge in [-0.2, -0.15) is 43.8 Å². The fourth-order valence-electron chi connectivity index (χ4n) is 3.11. The highest BCUT2D eigenvalue weighted by atomic mass is 32.3. The van der Waals surface area contributed by atoms with Gasteiger partial charge in [0.25, 0.3) is 20.0 Å². The van der Waals surface area contributed by atoms with Crippen LogP contribution in [-0.2, 0) is 34.8 Å². The third-order valence-corrected chi connectivity index (χ3v) is 10.3. The van der Waals surface area contributed by atoms with E-state index >= 15 is 0 Å². The molecular formula is C12H16F9N3O8S3. The Balaban J connectivity index is 2.33. The molecule has 2 atom stereocenters. The van der Waals surface area contributed by atoms with Crippen LogP contribution >= 0.6 is 0 Å². The summed E-state index contributed by atoms with van der Waals surface area (Å²) < 4.78 is 194. The van der Waals surface area contributed by atoms with E-state index in [2.05, 4.69) is 0 Å². The van der Waals surface area contributed by atoms with Gasteiger partial charge in [-0.1, -0.05) is 4.13 Å². The van der Waals surface area contributed by atoms with Crippen molar-refractivity contribution in [1.82, 2.24) is 13.3 Å². The molecular weight excluding hydrogens is 581 g/mol. The topological polar surface area (TPSA) is 150 Å². The summed E-state index contributed by atoms with van der Waals surface area (Å²) in [5.41, 5.74) is -6.64. The highest BCUT2D eigenvalue weighted by molar-refractivity contribution is 8.05. The van der Waals surface area contributed by atoms with Gasteiger partial charge < -0.3 is 9.84 Å². The van der Waals surface area contributed by atoms with Crippen molar-refractivity contribution in [3.05, 3.63) is 0 Å². The lowest BCUT2D eigenvalue weighted by Crippen LogP contribution is -2.66. The molecule has 0 saturated carbocycles. The normalized spacial score (nSPS) is 25.2. The van der Waals surface area contributed by atoms with Crippen LogP contribution in [0.2, 0.25) is 0 Å². The van der Waals surface area contributed by atoms with Gasteiger partial charge in [-0.05, 0) is 6.42 Å². The van der Waals surface area contributed by atoms with Crippen LogP contribution in [0, 0.1) is 0 Å². The molecule has 2 fully saturated rings. The van der Waals surface area contributed by atoms with Gasteiger partial charge in [0.2, 0.25) is 0 Å². The van der Waals surface area contributed by atoms with E-state index in [0.717, 1.165) is 0 Å². The van der Waals surface area contributed by atoms with Gasteiger partial charge in [0, 0.05) is 26.2 Å². The number of aliphatic hydroxyl groups excluding tert-OH is 1. The summed E-state index contributed by atoms with van der Waals surface area (Å²) in [4.78, 5) is 1.32. The number of hydrogen-bond donors (Lipinski definition) is 2. The number of ether oxygens (including phenoxy) is 1. The summed E-state index contributed by atoms with van der Waals surface area (Å²) in [6, 6.07) is -0.724. The minimum Gasteiger partial charge on any atom is -0.367 e. The predicted molar refractivity (Wildman–Crippen MR) is 94.3 cm³/mol. The Kier molecular flexibility index (Phi) is 7.86. The first kappa shape index (κ1) is 30.2. The number of alkyl halides is 9. The maximum Gasteiger partial charge on any atom is 0.512 e. The van der Waals surface area contributed by atoms with E-state index in [1.165, 1.54) is 4.90 Å². The van der Waals surface area contributed by atoms with E-state index in [0.29, 0.717) is 0 Å². The fourth-order valence-corrected chi connectivity index (χ4v) is 7.01. The van der Waals surface area contributed by atoms with Crippen LogP contribution in [0.3, 0.4) is 0 Å². The minimum absolute atomic E-state index is 0.0797. The van der Waals surface area contributed by atoms with Gasteiger partial charge >= 0.3 is 32.0 Å². The Labute approximate surface area is 191 Å². The number of sulfonamides is 3. The number of hydrogen-bond acceptors (Lipinski definition) is 9. The summed E-state index contributed by atoms with van der Waals surface area (Å²) in [7, 11) is -21.9. The number of piperazine rings is 1. The molecule has 2 unspecified atom stereocenters. The molecule has 208 valence electrons. The molecule has 35 heavy (non-hydrogen) atoms. The Morgan fingerprint density at radius 3 is 1.66 bits per heavy atom. The minimum atomic E-state index is -7.81. The van der Waals surface area contributed by atoms with Crippen molar-refractivity contribution in [3.63, 3.8) is 0 Å². The Hall–Kier alpha value is -0.980. The van der Waals surface area contributed by atoms with Crippen LogP contribution < -0.4 is 4.13 Å². The molecule has 0 radical (unpaired) electrons. The van der Waals surface area contributed by atoms with Gasteiger partial charge in [-0.3, -0.25) is 4.90 Å². The van der Waals surface area contributed by atoms with E-state index in [4.69, 9.17) is 4.74 Å². The molecule has 0 amide bonds. The SMILES string of the molecule is O=S(=O)(NS(=O)(=O)C(F)(F)C(F)(F)C(F)(F)S(=O)(=O)N1CCN(C2CCOC2O)CC1)C(F)(F)F. The molecule has 23 heteroatoms. The monoisotopic (exact) mass is 597 g/mol. The lowest BCUT2D eigenvalue weighted by atomic mass is 10.2. The number of aliphatic hydroxyl groups is 1. The summed E-state index contributed by atoms with van der Waals surface area (Å²) in [6.07, 6.45) is -1.12. The zero-order valence-corrected chi connectivity index (χ0v) is 19.2. The lowest BCUT2D eigenvalue weighted by molar-refractivity contribution is -0.245. The second-order valence-corrected chi connectivity index (χ2v) is 12.8. The summed E-state index contributed by atoms with van der Waals surface area (Å²) in [5, 5.41) is -4.69. The van der Waals surface area contributed by atoms with Gasteiger partial charge in [0.1, 0.15) is 0 Å². The first-order valence-corrected chi connectivity index (χ1v) is 13.4. The average molecular weight is 597 g/mol. The van der Waals surface area contributed by atoms with Crippen LogP contribution in [0.1, 0.15) is 6.42 Å². The van der Waals surface area contributed by atoms with Crippen LogP contribution in [0.4, 0.5) is 39.5 Å². The van der Waals surface area contributed by atoms with Crippen molar-refractivity contribution in [1.29, 1.82) is 0 Å². The van der Waals surface area contributed by atoms with Crippen LogP contribution in [0.5, 0.6) is 0 Å². The number of rotatable bonds is 8. The zero-order chi connectivity index (χ0) is 27.5. The molecule has 0 aromatic heterocycles. The lowest BCUT2D eigenvalue weighted by Gasteiger charge is -2.40. The van der Waals surface area contributed by atoms with Crippen LogP contribution in [-0.4, -0.2) is 107 Å². The Morgan fingerprint density at radius 2 is 1.26 bits per heavy atom. The standard InChI is InChI=1S/C12H16F9N3O8S3/c13-9(14,10(15,16)33(26,27)22-34(28,29)12(19,20)21)11(17,18)35(30,31)24-4-2-23(3-5-24)7-1-6-32-8(7)25/h7-8,22,25H,1-6H2. The first-order valence-electron chi connectivity index (χ1n) is 8.95. The van der Waals surface area contributed by atoms with E-state index < -0.39 is 94.6 Å². The van der Waals surface area contributed by atoms with E-state index in [1.807, 2.05) is 0 Å². The van der Waals surface area contributed by atoms with E-state index in [-0.39, 0.29) is 17.3 Å². The molecule has 0 aromatic rings. The quantitative estimate of drug-likeness (QED) is 0.358. The summed E-state index contributed by atoms with van der Waals surface area (Å²) >= 11 is 0. The summed E-state index contributed by atoms with van der Waals surface area (Å²) in [5.74, 6) is -7.46. The maximum atomic E-state index is 14.3. The van der Waals surface area contributed by atoms with Crippen molar-refractivity contribution in [3.8, 4) is 0 Å². The van der Waals surface area contributed by atoms with Crippen molar-refractivity contribution in [2.75, 3.05) is 32.8 Å². The first-order chi connectivity index (χ1) is 15.4. The Morgan fingerprint density at radius 1 is 0.771 bits per heavy atom. The highest BCUT2D eigenvalue weighted by Crippen LogP contribution is 2.51. The summed E-state index contributed by atoms with van der Waals surface area (Å²) in [6.45, 7) is -2.92. The van der Waals surface area contributed by atoms with Gasteiger partial charge in [-0.15, -0.1) is 0 Å². The van der Waals surface area contributed by atoms with Gasteiger partial charge in [0.15, 0.2) is 6.29 Å². The van der Waals surface area contributed by atoms with E-state index in [9.17, 15) is 69.9 Å². The number of nitrogens with one attached hydrogen (secondary N) is 1. The second kappa shape index (κ2) is 9.09. The average Bonchev–Trinajstić information content (AvgIpc) is 3.11. The largest absolute Gasteiger partial charge is 0.512 e. The van der Waals surface area contributed by atoms with E-state index in [1.54, 1.807) is 0 Å². The molecule has 2 N–H and O–H groups in total. The molecule has 0 aliphatic carbocycles. The molecule has 11 nitrogen and oxygen atoms in total. The van der Waals surface area contributed by atoms with Crippen LogP contribution in [0.25, 0.3) is 0 Å². The molecule has 2 rings (SSSR count). The molecule has 0 aromatic carbocycles. The molecule has 2 heterocycles. The van der Waals surface area contributed by atoms with Gasteiger partial charge in [0.05, 0.1) is 12.6 Å². The number of halogens is 9. The fraction of sp³-hybridized carbons (Fsp3) is 1.00. The second-order valence-electron chi connectivity index (χ2n) is 7.20. The Bertz CT molecular complexity index is 1120. The maximum absolute atomic E-state index is 14.3. The molecule has 0 bridgehead atoms. The predicted octanol–water partition coefficient (Wildman–Crippen LogP) is -0.369. The molecule has 0 spiro atoms. The molecule has 2 saturated heterocycles. The third-order valence-electron chi connectivity index (χ3n) is 5.03. The third kappa shape index (κ3) is 4.96. The van der Waals surface area contributed by atoms with Crippen molar-refractivity contribution in [2.45, 2.75) is 40.7 Å². The van der Waals surface area contributed by atoms with Crippen molar-refractivity contribution < 1.29 is 74.6 Å². The van der Waals surface area contributed by atoms with Crippen molar-refractivity contribution in [2.24, 2.45) is 0 Å². The van der Waals surface area contributed by atoms with Crippen molar-refractivity contribution >= 4 is 30.1 Å². The smallest absolute Gasteiger partial charge is 0.367 e. The zero-order valence-electron chi connectivity index (χ0n) is 16.7. The van der Waals surface area contributed by atoms with Gasteiger partial charge in [-0.25, -0.2) is 25.3 Å². The number of nitrogens with zero attached hydrogens (tertiary/aromatic N) is 2.